The molecule has 1 N–H and O–H groups in total. The van der Waals surface area contributed by atoms with Crippen molar-refractivity contribution in [2.45, 2.75) is 26.3 Å². The lowest BCUT2D eigenvalue weighted by Gasteiger charge is -2.23. The van der Waals surface area contributed by atoms with Gasteiger partial charge < -0.3 is 10.2 Å². The molecule has 1 aromatic rings. The van der Waals surface area contributed by atoms with Crippen LogP contribution in [-0.2, 0) is 0 Å². The summed E-state index contributed by atoms with van der Waals surface area (Å²) in [5.74, 6) is 0.567. The average Bonchev–Trinajstić information content (AvgIpc) is 2.63. The monoisotopic (exact) mass is 272 g/mol. The summed E-state index contributed by atoms with van der Waals surface area (Å²) in [6.07, 6.45) is 2.31. The minimum Gasteiger partial charge on any atom is -0.357 e. The summed E-state index contributed by atoms with van der Waals surface area (Å²) in [6.45, 7) is 5.20. The van der Waals surface area contributed by atoms with Crippen molar-refractivity contribution in [3.8, 4) is 0 Å². The van der Waals surface area contributed by atoms with Crippen molar-refractivity contribution in [2.75, 3.05) is 26.0 Å². The Labute approximate surface area is 111 Å². The van der Waals surface area contributed by atoms with Gasteiger partial charge in [0.05, 0.1) is 4.92 Å². The van der Waals surface area contributed by atoms with Crippen LogP contribution < -0.4 is 5.32 Å². The maximum atomic E-state index is 10.6. The number of nitrogens with zero attached hydrogens (tertiary/aromatic N) is 3. The normalized spacial score (nSPS) is 13.0. The Morgan fingerprint density at radius 2 is 2.22 bits per heavy atom. The summed E-state index contributed by atoms with van der Waals surface area (Å²) < 4.78 is 0. The van der Waals surface area contributed by atoms with Crippen molar-refractivity contribution in [3.05, 3.63) is 16.3 Å². The number of likely N-dealkylation sites (N-methyl/N-ethyl adjacent to an activating group) is 1. The molecule has 0 saturated heterocycles. The van der Waals surface area contributed by atoms with Gasteiger partial charge in [0.1, 0.15) is 6.20 Å². The van der Waals surface area contributed by atoms with Gasteiger partial charge >= 0.3 is 5.00 Å². The number of nitrogens with one attached hydrogen (secondary N) is 1. The number of hydrogen-bond donors (Lipinski definition) is 1. The second-order valence-corrected chi connectivity index (χ2v) is 6.00. The Hall–Kier alpha value is -1.21. The third kappa shape index (κ3) is 4.97. The van der Waals surface area contributed by atoms with Gasteiger partial charge in [0.2, 0.25) is 0 Å². The number of nitro groups is 1. The van der Waals surface area contributed by atoms with E-state index in [2.05, 4.69) is 29.0 Å². The Bertz CT molecular complexity index is 382. The van der Waals surface area contributed by atoms with Crippen molar-refractivity contribution in [2.24, 2.45) is 5.92 Å². The maximum absolute atomic E-state index is 10.6. The lowest BCUT2D eigenvalue weighted by molar-refractivity contribution is -0.380. The molecule has 18 heavy (non-hydrogen) atoms. The Balaban J connectivity index is 2.65. The molecule has 6 nitrogen and oxygen atoms in total. The molecule has 0 amide bonds. The molecule has 0 fully saturated rings. The molecule has 0 aliphatic rings. The average molecular weight is 272 g/mol. The number of anilines is 1. The summed E-state index contributed by atoms with van der Waals surface area (Å²) in [4.78, 5) is 16.3. The number of thiazole rings is 1. The van der Waals surface area contributed by atoms with Crippen LogP contribution in [0.1, 0.15) is 20.3 Å². The van der Waals surface area contributed by atoms with E-state index in [0.717, 1.165) is 24.3 Å². The van der Waals surface area contributed by atoms with Crippen LogP contribution in [0.4, 0.5) is 10.1 Å². The van der Waals surface area contributed by atoms with E-state index in [0.29, 0.717) is 11.0 Å². The topological polar surface area (TPSA) is 71.3 Å². The molecule has 0 aliphatic heterocycles. The van der Waals surface area contributed by atoms with Crippen molar-refractivity contribution < 1.29 is 4.92 Å². The second-order valence-electron chi connectivity index (χ2n) is 4.99. The predicted molar refractivity (Wildman–Crippen MR) is 74.2 cm³/mol. The predicted octanol–water partition coefficient (Wildman–Crippen LogP) is 2.44. The Morgan fingerprint density at radius 3 is 2.67 bits per heavy atom. The van der Waals surface area contributed by atoms with Crippen LogP contribution in [0.25, 0.3) is 0 Å². The van der Waals surface area contributed by atoms with E-state index in [4.69, 9.17) is 0 Å². The highest BCUT2D eigenvalue weighted by Gasteiger charge is 2.16. The summed E-state index contributed by atoms with van der Waals surface area (Å²) in [7, 11) is 4.03. The molecular weight excluding hydrogens is 252 g/mol. The van der Waals surface area contributed by atoms with Gasteiger partial charge in [0, 0.05) is 12.6 Å². The highest BCUT2D eigenvalue weighted by molar-refractivity contribution is 7.18. The van der Waals surface area contributed by atoms with Gasteiger partial charge in [0.25, 0.3) is 0 Å². The van der Waals surface area contributed by atoms with E-state index in [9.17, 15) is 10.1 Å². The summed E-state index contributed by atoms with van der Waals surface area (Å²) >= 11 is 1.08. The van der Waals surface area contributed by atoms with Crippen molar-refractivity contribution in [1.82, 2.24) is 9.88 Å². The molecular formula is C11H20N4O2S. The molecule has 0 radical (unpaired) electrons. The summed E-state index contributed by atoms with van der Waals surface area (Å²) in [6, 6.07) is 0.255. The highest BCUT2D eigenvalue weighted by atomic mass is 32.1. The fraction of sp³-hybridized carbons (Fsp3) is 0.727. The smallest absolute Gasteiger partial charge is 0.345 e. The zero-order valence-corrected chi connectivity index (χ0v) is 12.0. The first kappa shape index (κ1) is 14.8. The minimum absolute atomic E-state index is 0.0747. The molecule has 1 atom stereocenters. The first-order chi connectivity index (χ1) is 8.38. The molecule has 0 aliphatic carbocycles. The van der Waals surface area contributed by atoms with Crippen LogP contribution in [0, 0.1) is 16.0 Å². The van der Waals surface area contributed by atoms with Gasteiger partial charge in [-0.15, -0.1) is 0 Å². The first-order valence-electron chi connectivity index (χ1n) is 5.90. The SMILES string of the molecule is CC(C)CC(CN(C)C)Nc1ncc([N+](=O)[O-])s1. The summed E-state index contributed by atoms with van der Waals surface area (Å²) in [5.41, 5.74) is 0. The number of hydrogen-bond acceptors (Lipinski definition) is 6. The van der Waals surface area contributed by atoms with Crippen molar-refractivity contribution in [1.29, 1.82) is 0 Å². The quantitative estimate of drug-likeness (QED) is 0.609. The molecule has 102 valence electrons. The van der Waals surface area contributed by atoms with Crippen molar-refractivity contribution in [3.63, 3.8) is 0 Å². The second kappa shape index (κ2) is 6.65. The Kier molecular flexibility index (Phi) is 5.49. The van der Waals surface area contributed by atoms with E-state index < -0.39 is 4.92 Å². The van der Waals surface area contributed by atoms with E-state index in [1.165, 1.54) is 6.20 Å². The third-order valence-corrected chi connectivity index (χ3v) is 3.22. The Morgan fingerprint density at radius 1 is 1.56 bits per heavy atom. The molecule has 0 bridgehead atoms. The van der Waals surface area contributed by atoms with Gasteiger partial charge in [-0.05, 0) is 37.8 Å². The third-order valence-electron chi connectivity index (χ3n) is 2.34. The highest BCUT2D eigenvalue weighted by Crippen LogP contribution is 2.26. The van der Waals surface area contributed by atoms with Crippen LogP contribution in [0.3, 0.4) is 0 Å². The van der Waals surface area contributed by atoms with E-state index in [1.807, 2.05) is 14.1 Å². The fourth-order valence-electron chi connectivity index (χ4n) is 1.78. The van der Waals surface area contributed by atoms with Crippen LogP contribution in [0.2, 0.25) is 0 Å². The van der Waals surface area contributed by atoms with Crippen molar-refractivity contribution >= 4 is 21.5 Å². The summed E-state index contributed by atoms with van der Waals surface area (Å²) in [5, 5.41) is 14.6. The van der Waals surface area contributed by atoms with Crippen LogP contribution in [0.5, 0.6) is 0 Å². The van der Waals surface area contributed by atoms with Crippen LogP contribution in [-0.4, -0.2) is 41.5 Å². The van der Waals surface area contributed by atoms with Gasteiger partial charge in [-0.2, -0.15) is 0 Å². The minimum atomic E-state index is -0.410. The lowest BCUT2D eigenvalue weighted by atomic mass is 10.0. The molecule has 0 saturated carbocycles. The first-order valence-corrected chi connectivity index (χ1v) is 6.71. The maximum Gasteiger partial charge on any atom is 0.345 e. The van der Waals surface area contributed by atoms with Crippen LogP contribution >= 0.6 is 11.3 Å². The molecule has 1 unspecified atom stereocenters. The van der Waals surface area contributed by atoms with Crippen LogP contribution in [0.15, 0.2) is 6.20 Å². The molecule has 0 spiro atoms. The molecule has 1 aromatic heterocycles. The lowest BCUT2D eigenvalue weighted by Crippen LogP contribution is -2.33. The van der Waals surface area contributed by atoms with Gasteiger partial charge in [-0.1, -0.05) is 13.8 Å². The molecule has 1 rings (SSSR count). The van der Waals surface area contributed by atoms with E-state index >= 15 is 0 Å². The molecule has 7 heteroatoms. The zero-order chi connectivity index (χ0) is 13.7. The number of rotatable bonds is 7. The van der Waals surface area contributed by atoms with Gasteiger partial charge in [0.15, 0.2) is 5.13 Å². The standard InChI is InChI=1S/C11H20N4O2S/c1-8(2)5-9(7-14(3)4)13-11-12-6-10(18-11)15(16)17/h6,8-9H,5,7H2,1-4H3,(H,12,13). The zero-order valence-electron chi connectivity index (χ0n) is 11.2. The number of aromatic nitrogens is 1. The van der Waals surface area contributed by atoms with E-state index in [1.54, 1.807) is 0 Å². The van der Waals surface area contributed by atoms with Gasteiger partial charge in [-0.25, -0.2) is 4.98 Å². The van der Waals surface area contributed by atoms with Gasteiger partial charge in [-0.3, -0.25) is 10.1 Å². The fourth-order valence-corrected chi connectivity index (χ4v) is 2.49. The molecule has 0 aromatic carbocycles. The largest absolute Gasteiger partial charge is 0.357 e. The van der Waals surface area contributed by atoms with E-state index in [-0.39, 0.29) is 11.0 Å². The molecule has 1 heterocycles.